The van der Waals surface area contributed by atoms with Gasteiger partial charge in [-0.3, -0.25) is 14.2 Å². The summed E-state index contributed by atoms with van der Waals surface area (Å²) >= 11 is 7.33. The highest BCUT2D eigenvalue weighted by atomic mass is 35.5. The Bertz CT molecular complexity index is 1290. The molecule has 1 N–H and O–H groups in total. The molecule has 158 valence electrons. The lowest BCUT2D eigenvalue weighted by Gasteiger charge is -2.09. The van der Waals surface area contributed by atoms with Crippen molar-refractivity contribution in [3.8, 4) is 0 Å². The van der Waals surface area contributed by atoms with Crippen LogP contribution in [0.4, 0.5) is 0 Å². The number of hydrogen-bond acceptors (Lipinski definition) is 6. The molecule has 1 aromatic carbocycles. The number of thioether (sulfide) groups is 1. The second kappa shape index (κ2) is 9.32. The molecule has 0 atom stereocenters. The molecule has 3 heterocycles. The predicted octanol–water partition coefficient (Wildman–Crippen LogP) is 2.84. The largest absolute Gasteiger partial charge is 0.350 e. The van der Waals surface area contributed by atoms with Gasteiger partial charge in [-0.05, 0) is 36.1 Å². The molecule has 0 aliphatic heterocycles. The topological polar surface area (TPSA) is 94.7 Å². The van der Waals surface area contributed by atoms with E-state index < -0.39 is 0 Å². The SMILES string of the molecule is CSc1ncccc1C(=O)NCCn1ncc2c(=O)n(Cc3ccc(Cl)cc3)cnc21. The second-order valence-electron chi connectivity index (χ2n) is 6.73. The highest BCUT2D eigenvalue weighted by Gasteiger charge is 2.13. The van der Waals surface area contributed by atoms with Gasteiger partial charge in [-0.1, -0.05) is 23.7 Å². The number of pyridine rings is 1. The van der Waals surface area contributed by atoms with E-state index in [-0.39, 0.29) is 11.5 Å². The van der Waals surface area contributed by atoms with Gasteiger partial charge in [0.15, 0.2) is 5.65 Å². The summed E-state index contributed by atoms with van der Waals surface area (Å²) in [6.07, 6.45) is 6.55. The minimum absolute atomic E-state index is 0.171. The summed E-state index contributed by atoms with van der Waals surface area (Å²) in [7, 11) is 0. The van der Waals surface area contributed by atoms with E-state index in [2.05, 4.69) is 20.4 Å². The number of carbonyl (C=O) groups excluding carboxylic acids is 1. The van der Waals surface area contributed by atoms with Crippen LogP contribution in [0, 0.1) is 0 Å². The number of amides is 1. The molecule has 0 spiro atoms. The molecule has 0 radical (unpaired) electrons. The number of rotatable bonds is 7. The maximum atomic E-state index is 12.8. The Kier molecular flexibility index (Phi) is 6.34. The first-order chi connectivity index (χ1) is 15.1. The fourth-order valence-electron chi connectivity index (χ4n) is 3.16. The first kappa shape index (κ1) is 21.1. The van der Waals surface area contributed by atoms with Crippen LogP contribution >= 0.6 is 23.4 Å². The summed E-state index contributed by atoms with van der Waals surface area (Å²) in [5, 5.41) is 8.89. The zero-order valence-electron chi connectivity index (χ0n) is 16.7. The molecule has 3 aromatic heterocycles. The summed E-state index contributed by atoms with van der Waals surface area (Å²) in [5.74, 6) is -0.202. The molecular weight excluding hydrogens is 436 g/mol. The molecule has 31 heavy (non-hydrogen) atoms. The molecule has 0 saturated carbocycles. The van der Waals surface area contributed by atoms with Gasteiger partial charge >= 0.3 is 0 Å². The number of hydrogen-bond donors (Lipinski definition) is 1. The third-order valence-corrected chi connectivity index (χ3v) is 5.67. The second-order valence-corrected chi connectivity index (χ2v) is 7.96. The van der Waals surface area contributed by atoms with Gasteiger partial charge < -0.3 is 5.32 Å². The van der Waals surface area contributed by atoms with Crippen molar-refractivity contribution in [2.24, 2.45) is 0 Å². The molecule has 10 heteroatoms. The van der Waals surface area contributed by atoms with Crippen LogP contribution in [0.5, 0.6) is 0 Å². The van der Waals surface area contributed by atoms with E-state index in [0.717, 1.165) is 5.56 Å². The quantitative estimate of drug-likeness (QED) is 0.431. The number of aromatic nitrogens is 5. The van der Waals surface area contributed by atoms with Crippen molar-refractivity contribution in [3.63, 3.8) is 0 Å². The molecular formula is C21H19ClN6O2S. The van der Waals surface area contributed by atoms with Crippen LogP contribution in [0.25, 0.3) is 11.0 Å². The molecule has 0 unspecified atom stereocenters. The third kappa shape index (κ3) is 4.62. The molecule has 0 saturated heterocycles. The van der Waals surface area contributed by atoms with Crippen LogP contribution in [-0.2, 0) is 13.1 Å². The van der Waals surface area contributed by atoms with Gasteiger partial charge in [0.2, 0.25) is 0 Å². The fourth-order valence-corrected chi connectivity index (χ4v) is 3.83. The van der Waals surface area contributed by atoms with Crippen LogP contribution in [0.1, 0.15) is 15.9 Å². The Morgan fingerprint density at radius 1 is 1.19 bits per heavy atom. The summed E-state index contributed by atoms with van der Waals surface area (Å²) in [6.45, 7) is 1.12. The van der Waals surface area contributed by atoms with E-state index in [9.17, 15) is 9.59 Å². The number of nitrogens with zero attached hydrogens (tertiary/aromatic N) is 5. The lowest BCUT2D eigenvalue weighted by molar-refractivity contribution is 0.0948. The normalized spacial score (nSPS) is 11.0. The first-order valence-electron chi connectivity index (χ1n) is 9.49. The zero-order valence-corrected chi connectivity index (χ0v) is 18.2. The van der Waals surface area contributed by atoms with Crippen molar-refractivity contribution in [1.82, 2.24) is 29.6 Å². The van der Waals surface area contributed by atoms with Crippen LogP contribution in [0.15, 0.2) is 64.9 Å². The number of nitrogens with one attached hydrogen (secondary N) is 1. The van der Waals surface area contributed by atoms with E-state index in [1.54, 1.807) is 35.1 Å². The van der Waals surface area contributed by atoms with E-state index >= 15 is 0 Å². The van der Waals surface area contributed by atoms with Crippen molar-refractivity contribution in [2.75, 3.05) is 12.8 Å². The summed E-state index contributed by atoms with van der Waals surface area (Å²) in [6, 6.07) is 10.8. The average molecular weight is 455 g/mol. The fraction of sp³-hybridized carbons (Fsp3) is 0.190. The van der Waals surface area contributed by atoms with Crippen molar-refractivity contribution in [1.29, 1.82) is 0 Å². The lowest BCUT2D eigenvalue weighted by atomic mass is 10.2. The first-order valence-corrected chi connectivity index (χ1v) is 11.1. The van der Waals surface area contributed by atoms with Crippen LogP contribution in [0.3, 0.4) is 0 Å². The highest BCUT2D eigenvalue weighted by Crippen LogP contribution is 2.16. The van der Waals surface area contributed by atoms with E-state index in [0.29, 0.717) is 46.3 Å². The monoisotopic (exact) mass is 454 g/mol. The Morgan fingerprint density at radius 3 is 2.77 bits per heavy atom. The molecule has 4 rings (SSSR count). The van der Waals surface area contributed by atoms with Gasteiger partial charge in [-0.2, -0.15) is 5.10 Å². The minimum atomic E-state index is -0.202. The van der Waals surface area contributed by atoms with Crippen molar-refractivity contribution >= 4 is 40.3 Å². The molecule has 1 amide bonds. The van der Waals surface area contributed by atoms with E-state index in [1.807, 2.05) is 18.4 Å². The Morgan fingerprint density at radius 2 is 2.00 bits per heavy atom. The van der Waals surface area contributed by atoms with Crippen LogP contribution in [0.2, 0.25) is 5.02 Å². The molecule has 8 nitrogen and oxygen atoms in total. The standard InChI is InChI=1S/C21H19ClN6O2S/c1-31-20-16(3-2-8-24-20)19(29)23-9-10-28-18-17(11-26-28)21(30)27(13-25-18)12-14-4-6-15(22)7-5-14/h2-8,11,13H,9-10,12H2,1H3,(H,23,29). The maximum Gasteiger partial charge on any atom is 0.264 e. The molecule has 4 aromatic rings. The summed E-state index contributed by atoms with van der Waals surface area (Å²) in [5.41, 5.74) is 1.79. The van der Waals surface area contributed by atoms with Crippen LogP contribution < -0.4 is 10.9 Å². The molecule has 0 bridgehead atoms. The van der Waals surface area contributed by atoms with Crippen LogP contribution in [-0.4, -0.2) is 43.0 Å². The average Bonchev–Trinajstić information content (AvgIpc) is 3.20. The van der Waals surface area contributed by atoms with E-state index in [4.69, 9.17) is 11.6 Å². The van der Waals surface area contributed by atoms with Crippen molar-refractivity contribution in [2.45, 2.75) is 18.1 Å². The van der Waals surface area contributed by atoms with Gasteiger partial charge in [-0.15, -0.1) is 11.8 Å². The Labute approximate surface area is 187 Å². The lowest BCUT2D eigenvalue weighted by Crippen LogP contribution is -2.28. The Hall–Kier alpha value is -3.17. The predicted molar refractivity (Wildman–Crippen MR) is 121 cm³/mol. The van der Waals surface area contributed by atoms with Gasteiger partial charge in [0.25, 0.3) is 11.5 Å². The third-order valence-electron chi connectivity index (χ3n) is 4.71. The van der Waals surface area contributed by atoms with E-state index in [1.165, 1.54) is 28.9 Å². The van der Waals surface area contributed by atoms with Gasteiger partial charge in [0.1, 0.15) is 16.7 Å². The molecule has 0 fully saturated rings. The van der Waals surface area contributed by atoms with Gasteiger partial charge in [-0.25, -0.2) is 14.6 Å². The smallest absolute Gasteiger partial charge is 0.264 e. The molecule has 0 aliphatic carbocycles. The molecule has 0 aliphatic rings. The summed E-state index contributed by atoms with van der Waals surface area (Å²) in [4.78, 5) is 33.9. The number of benzene rings is 1. The van der Waals surface area contributed by atoms with Gasteiger partial charge in [0.05, 0.1) is 24.8 Å². The number of fused-ring (bicyclic) bond motifs is 1. The van der Waals surface area contributed by atoms with Gasteiger partial charge in [0, 0.05) is 17.8 Å². The highest BCUT2D eigenvalue weighted by molar-refractivity contribution is 7.98. The van der Waals surface area contributed by atoms with Crippen molar-refractivity contribution < 1.29 is 4.79 Å². The number of carbonyl (C=O) groups is 1. The summed E-state index contributed by atoms with van der Waals surface area (Å²) < 4.78 is 3.15. The maximum absolute atomic E-state index is 12.8. The Balaban J connectivity index is 1.45. The van der Waals surface area contributed by atoms with Crippen molar-refractivity contribution in [3.05, 3.63) is 81.6 Å². The number of halogens is 1. The minimum Gasteiger partial charge on any atom is -0.350 e. The zero-order chi connectivity index (χ0) is 21.8.